The van der Waals surface area contributed by atoms with Crippen molar-refractivity contribution in [3.05, 3.63) is 23.0 Å². The smallest absolute Gasteiger partial charge is 0.324 e. The molecule has 1 aromatic rings. The molecule has 1 aromatic heterocycles. The van der Waals surface area contributed by atoms with Gasteiger partial charge in [0.2, 0.25) is 0 Å². The van der Waals surface area contributed by atoms with Gasteiger partial charge in [-0.15, -0.1) is 11.8 Å². The molecule has 1 saturated heterocycles. The zero-order valence-electron chi connectivity index (χ0n) is 11.4. The molecule has 7 heteroatoms. The van der Waals surface area contributed by atoms with Crippen LogP contribution in [0.1, 0.15) is 29.1 Å². The highest BCUT2D eigenvalue weighted by atomic mass is 32.2. The summed E-state index contributed by atoms with van der Waals surface area (Å²) in [4.78, 5) is 15.7. The van der Waals surface area contributed by atoms with Gasteiger partial charge in [-0.05, 0) is 13.8 Å². The van der Waals surface area contributed by atoms with Gasteiger partial charge in [-0.1, -0.05) is 0 Å². The molecule has 1 aliphatic rings. The number of thioether (sulfide) groups is 1. The molecule has 20 heavy (non-hydrogen) atoms. The Morgan fingerprint density at radius 2 is 2.40 bits per heavy atom. The summed E-state index contributed by atoms with van der Waals surface area (Å²) < 4.78 is 4.98. The third-order valence-electron chi connectivity index (χ3n) is 3.14. The van der Waals surface area contributed by atoms with Crippen LogP contribution in [0, 0.1) is 6.92 Å². The van der Waals surface area contributed by atoms with Crippen LogP contribution in [0.4, 0.5) is 0 Å². The number of hydrogen-bond donors (Lipinski definition) is 3. The summed E-state index contributed by atoms with van der Waals surface area (Å²) in [6.45, 7) is 3.59. The summed E-state index contributed by atoms with van der Waals surface area (Å²) in [6.07, 6.45) is 1.55. The monoisotopic (exact) mass is 298 g/mol. The molecular weight excluding hydrogens is 280 g/mol. The number of carbonyl (C=O) groups excluding carboxylic acids is 1. The first-order valence-corrected chi connectivity index (χ1v) is 7.45. The van der Waals surface area contributed by atoms with Crippen molar-refractivity contribution in [1.29, 1.82) is 0 Å². The predicted molar refractivity (Wildman–Crippen MR) is 75.3 cm³/mol. The van der Waals surface area contributed by atoms with E-state index >= 15 is 0 Å². The number of pyridine rings is 1. The van der Waals surface area contributed by atoms with E-state index in [9.17, 15) is 15.0 Å². The number of rotatable bonds is 4. The van der Waals surface area contributed by atoms with Crippen molar-refractivity contribution in [2.24, 2.45) is 0 Å². The fourth-order valence-electron chi connectivity index (χ4n) is 2.09. The number of nitrogens with zero attached hydrogens (tertiary/aromatic N) is 1. The second-order valence-corrected chi connectivity index (χ2v) is 5.61. The van der Waals surface area contributed by atoms with Gasteiger partial charge >= 0.3 is 5.97 Å². The number of nitrogens with one attached hydrogen (secondary N) is 1. The standard InChI is InChI=1S/C13H18N2O4S/c1-3-19-13(18)9-6-20-12(15-9)10-8(5-16)4-14-7(2)11(10)17/h4,9,12,15-17H,3,5-6H2,1-2H3/t9-,12-/m0/s1. The van der Waals surface area contributed by atoms with E-state index in [-0.39, 0.29) is 23.7 Å². The fraction of sp³-hybridized carbons (Fsp3) is 0.538. The van der Waals surface area contributed by atoms with Crippen molar-refractivity contribution in [3.63, 3.8) is 0 Å². The van der Waals surface area contributed by atoms with Gasteiger partial charge in [0.05, 0.1) is 24.3 Å². The van der Waals surface area contributed by atoms with E-state index in [0.29, 0.717) is 29.2 Å². The largest absolute Gasteiger partial charge is 0.506 e. The Morgan fingerprint density at radius 1 is 1.65 bits per heavy atom. The Balaban J connectivity index is 2.22. The minimum absolute atomic E-state index is 0.0612. The van der Waals surface area contributed by atoms with Crippen molar-refractivity contribution in [2.45, 2.75) is 31.9 Å². The summed E-state index contributed by atoms with van der Waals surface area (Å²) in [7, 11) is 0. The average molecular weight is 298 g/mol. The first-order valence-electron chi connectivity index (χ1n) is 6.41. The molecule has 3 N–H and O–H groups in total. The summed E-state index contributed by atoms with van der Waals surface area (Å²) in [5, 5.41) is 22.4. The third-order valence-corrected chi connectivity index (χ3v) is 4.37. The Kier molecular flexibility index (Phi) is 4.85. The fourth-order valence-corrected chi connectivity index (χ4v) is 3.40. The van der Waals surface area contributed by atoms with Crippen LogP contribution in [0.3, 0.4) is 0 Å². The van der Waals surface area contributed by atoms with Crippen LogP contribution in [-0.2, 0) is 16.1 Å². The average Bonchev–Trinajstić information content (AvgIpc) is 2.91. The molecule has 2 atom stereocenters. The van der Waals surface area contributed by atoms with Crippen LogP contribution in [0.25, 0.3) is 0 Å². The number of aliphatic hydroxyl groups is 1. The van der Waals surface area contributed by atoms with Crippen LogP contribution in [-0.4, -0.2) is 39.6 Å². The number of aromatic hydroxyl groups is 1. The zero-order chi connectivity index (χ0) is 14.7. The molecule has 0 aromatic carbocycles. The Bertz CT molecular complexity index is 509. The number of carbonyl (C=O) groups is 1. The van der Waals surface area contributed by atoms with Gasteiger partial charge in [-0.2, -0.15) is 0 Å². The van der Waals surface area contributed by atoms with Gasteiger partial charge in [0.25, 0.3) is 0 Å². The van der Waals surface area contributed by atoms with Crippen molar-refractivity contribution in [3.8, 4) is 5.75 Å². The van der Waals surface area contributed by atoms with Crippen molar-refractivity contribution < 1.29 is 19.7 Å². The minimum atomic E-state index is -0.399. The molecule has 6 nitrogen and oxygen atoms in total. The van der Waals surface area contributed by atoms with Crippen LogP contribution >= 0.6 is 11.8 Å². The maximum Gasteiger partial charge on any atom is 0.324 e. The van der Waals surface area contributed by atoms with E-state index in [4.69, 9.17) is 4.74 Å². The molecule has 0 radical (unpaired) electrons. The highest BCUT2D eigenvalue weighted by molar-refractivity contribution is 7.99. The molecule has 0 aliphatic carbocycles. The molecule has 2 rings (SSSR count). The summed E-state index contributed by atoms with van der Waals surface area (Å²) in [5.74, 6) is 0.333. The number of ether oxygens (including phenoxy) is 1. The van der Waals surface area contributed by atoms with Crippen LogP contribution in [0.2, 0.25) is 0 Å². The highest BCUT2D eigenvalue weighted by Crippen LogP contribution is 2.40. The van der Waals surface area contributed by atoms with Gasteiger partial charge < -0.3 is 14.9 Å². The summed E-state index contributed by atoms with van der Waals surface area (Å²) in [6, 6.07) is -0.399. The maximum absolute atomic E-state index is 11.7. The number of aryl methyl sites for hydroxylation is 1. The van der Waals surface area contributed by atoms with E-state index in [1.165, 1.54) is 11.8 Å². The first-order chi connectivity index (χ1) is 9.58. The maximum atomic E-state index is 11.7. The van der Waals surface area contributed by atoms with E-state index in [2.05, 4.69) is 10.3 Å². The third kappa shape index (κ3) is 2.89. The van der Waals surface area contributed by atoms with Crippen molar-refractivity contribution >= 4 is 17.7 Å². The number of esters is 1. The summed E-state index contributed by atoms with van der Waals surface area (Å²) in [5.41, 5.74) is 1.65. The summed E-state index contributed by atoms with van der Waals surface area (Å²) >= 11 is 1.50. The molecule has 1 fully saturated rings. The van der Waals surface area contributed by atoms with Crippen LogP contribution < -0.4 is 5.32 Å². The van der Waals surface area contributed by atoms with Gasteiger partial charge in [-0.3, -0.25) is 15.1 Å². The Morgan fingerprint density at radius 3 is 3.05 bits per heavy atom. The van der Waals surface area contributed by atoms with E-state index < -0.39 is 6.04 Å². The molecule has 0 saturated carbocycles. The molecule has 0 amide bonds. The Hall–Kier alpha value is -1.31. The number of aliphatic hydroxyl groups excluding tert-OH is 1. The Labute approximate surface area is 121 Å². The normalized spacial score (nSPS) is 21.9. The molecule has 0 spiro atoms. The SMILES string of the molecule is CCOC(=O)[C@@H]1CS[C@@H](c2c(CO)cnc(C)c2O)N1. The lowest BCUT2D eigenvalue weighted by Crippen LogP contribution is -2.35. The minimum Gasteiger partial charge on any atom is -0.506 e. The number of aromatic nitrogens is 1. The van der Waals surface area contributed by atoms with E-state index in [1.807, 2.05) is 0 Å². The quantitative estimate of drug-likeness (QED) is 0.710. The molecule has 0 unspecified atom stereocenters. The molecule has 0 bridgehead atoms. The lowest BCUT2D eigenvalue weighted by atomic mass is 10.1. The van der Waals surface area contributed by atoms with Gasteiger partial charge in [0, 0.05) is 23.1 Å². The van der Waals surface area contributed by atoms with Crippen molar-refractivity contribution in [1.82, 2.24) is 10.3 Å². The molecule has 2 heterocycles. The molecule has 110 valence electrons. The van der Waals surface area contributed by atoms with E-state index in [1.54, 1.807) is 20.0 Å². The lowest BCUT2D eigenvalue weighted by Gasteiger charge is -2.18. The van der Waals surface area contributed by atoms with Gasteiger partial charge in [0.1, 0.15) is 11.8 Å². The lowest BCUT2D eigenvalue weighted by molar-refractivity contribution is -0.144. The number of hydrogen-bond acceptors (Lipinski definition) is 7. The van der Waals surface area contributed by atoms with Crippen molar-refractivity contribution in [2.75, 3.05) is 12.4 Å². The topological polar surface area (TPSA) is 91.7 Å². The molecular formula is C13H18N2O4S. The van der Waals surface area contributed by atoms with Gasteiger partial charge in [-0.25, -0.2) is 0 Å². The predicted octanol–water partition coefficient (Wildman–Crippen LogP) is 0.855. The second kappa shape index (κ2) is 6.43. The molecule has 1 aliphatic heterocycles. The zero-order valence-corrected chi connectivity index (χ0v) is 12.2. The van der Waals surface area contributed by atoms with E-state index in [0.717, 1.165) is 0 Å². The van der Waals surface area contributed by atoms with Crippen LogP contribution in [0.5, 0.6) is 5.75 Å². The first kappa shape index (κ1) is 15.1. The second-order valence-electron chi connectivity index (χ2n) is 4.47. The highest BCUT2D eigenvalue weighted by Gasteiger charge is 2.34. The van der Waals surface area contributed by atoms with Crippen LogP contribution in [0.15, 0.2) is 6.20 Å². The van der Waals surface area contributed by atoms with Gasteiger partial charge in [0.15, 0.2) is 0 Å².